The number of anilines is 2. The zero-order chi connectivity index (χ0) is 15.4. The molecule has 0 radical (unpaired) electrons. The normalized spacial score (nSPS) is 17.5. The van der Waals surface area contributed by atoms with Gasteiger partial charge in [-0.15, -0.1) is 0 Å². The molecule has 4 heteroatoms. The number of carbonyl (C=O) groups is 1. The van der Waals surface area contributed by atoms with Crippen LogP contribution in [0.15, 0.2) is 54.6 Å². The monoisotopic (exact) mass is 296 g/mol. The predicted octanol–water partition coefficient (Wildman–Crippen LogP) is 2.88. The van der Waals surface area contributed by atoms with E-state index in [1.54, 1.807) is 0 Å². The van der Waals surface area contributed by atoms with Crippen molar-refractivity contribution < 1.29 is 9.90 Å². The van der Waals surface area contributed by atoms with Crippen LogP contribution in [0.5, 0.6) is 0 Å². The Morgan fingerprint density at radius 2 is 1.86 bits per heavy atom. The van der Waals surface area contributed by atoms with E-state index in [0.717, 1.165) is 17.8 Å². The predicted molar refractivity (Wildman–Crippen MR) is 87.3 cm³/mol. The molecule has 114 valence electrons. The summed E-state index contributed by atoms with van der Waals surface area (Å²) in [7, 11) is 0. The number of para-hydroxylation sites is 2. The standard InChI is InChI=1S/C18H20N2O2/c21-13-14-10-11-20(12-14)18(22)16-8-4-5-9-17(16)19-15-6-2-1-3-7-15/h1-9,14,19,21H,10-13H2. The molecular weight excluding hydrogens is 276 g/mol. The maximum Gasteiger partial charge on any atom is 0.255 e. The van der Waals surface area contributed by atoms with Crippen LogP contribution in [0.1, 0.15) is 16.8 Å². The van der Waals surface area contributed by atoms with E-state index in [1.165, 1.54) is 0 Å². The molecule has 1 aliphatic heterocycles. The van der Waals surface area contributed by atoms with Crippen LogP contribution in [-0.4, -0.2) is 35.6 Å². The van der Waals surface area contributed by atoms with Crippen LogP contribution < -0.4 is 5.32 Å². The number of nitrogens with zero attached hydrogens (tertiary/aromatic N) is 1. The Morgan fingerprint density at radius 3 is 2.59 bits per heavy atom. The van der Waals surface area contributed by atoms with Crippen LogP contribution in [0.3, 0.4) is 0 Å². The molecule has 2 aromatic carbocycles. The summed E-state index contributed by atoms with van der Waals surface area (Å²) in [5, 5.41) is 12.5. The lowest BCUT2D eigenvalue weighted by molar-refractivity contribution is 0.0783. The van der Waals surface area contributed by atoms with E-state index in [-0.39, 0.29) is 18.4 Å². The van der Waals surface area contributed by atoms with Crippen LogP contribution in [0.25, 0.3) is 0 Å². The average Bonchev–Trinajstić information content (AvgIpc) is 3.05. The first-order valence-corrected chi connectivity index (χ1v) is 7.59. The van der Waals surface area contributed by atoms with Gasteiger partial charge in [0.25, 0.3) is 5.91 Å². The van der Waals surface area contributed by atoms with E-state index in [0.29, 0.717) is 18.7 Å². The molecule has 0 spiro atoms. The molecule has 0 bridgehead atoms. The fourth-order valence-corrected chi connectivity index (χ4v) is 2.79. The summed E-state index contributed by atoms with van der Waals surface area (Å²) < 4.78 is 0. The Labute approximate surface area is 130 Å². The number of carbonyl (C=O) groups excluding carboxylic acids is 1. The van der Waals surface area contributed by atoms with E-state index in [1.807, 2.05) is 59.5 Å². The molecule has 0 aliphatic carbocycles. The van der Waals surface area contributed by atoms with Crippen molar-refractivity contribution >= 4 is 17.3 Å². The van der Waals surface area contributed by atoms with Crippen LogP contribution in [-0.2, 0) is 0 Å². The fourth-order valence-electron chi connectivity index (χ4n) is 2.79. The lowest BCUT2D eigenvalue weighted by Crippen LogP contribution is -2.29. The van der Waals surface area contributed by atoms with Crippen molar-refractivity contribution in [2.75, 3.05) is 25.0 Å². The Morgan fingerprint density at radius 1 is 1.14 bits per heavy atom. The van der Waals surface area contributed by atoms with Crippen molar-refractivity contribution in [3.05, 3.63) is 60.2 Å². The van der Waals surface area contributed by atoms with Gasteiger partial charge < -0.3 is 15.3 Å². The quantitative estimate of drug-likeness (QED) is 0.912. The largest absolute Gasteiger partial charge is 0.396 e. The minimum absolute atomic E-state index is 0.0231. The Balaban J connectivity index is 1.80. The molecule has 2 aromatic rings. The lowest BCUT2D eigenvalue weighted by Gasteiger charge is -2.19. The minimum Gasteiger partial charge on any atom is -0.396 e. The third-order valence-corrected chi connectivity index (χ3v) is 4.04. The van der Waals surface area contributed by atoms with Gasteiger partial charge in [-0.2, -0.15) is 0 Å². The molecule has 2 N–H and O–H groups in total. The molecule has 3 rings (SSSR count). The molecule has 1 aliphatic rings. The van der Waals surface area contributed by atoms with Crippen molar-refractivity contribution in [1.82, 2.24) is 4.90 Å². The topological polar surface area (TPSA) is 52.6 Å². The van der Waals surface area contributed by atoms with Crippen molar-refractivity contribution in [3.8, 4) is 0 Å². The summed E-state index contributed by atoms with van der Waals surface area (Å²) >= 11 is 0. The highest BCUT2D eigenvalue weighted by molar-refractivity contribution is 6.00. The molecule has 1 amide bonds. The highest BCUT2D eigenvalue weighted by atomic mass is 16.3. The maximum absolute atomic E-state index is 12.7. The van der Waals surface area contributed by atoms with Crippen molar-refractivity contribution in [2.24, 2.45) is 5.92 Å². The zero-order valence-corrected chi connectivity index (χ0v) is 12.4. The number of nitrogens with one attached hydrogen (secondary N) is 1. The number of amides is 1. The summed E-state index contributed by atoms with van der Waals surface area (Å²) in [4.78, 5) is 14.5. The van der Waals surface area contributed by atoms with Gasteiger partial charge in [0.1, 0.15) is 0 Å². The summed E-state index contributed by atoms with van der Waals surface area (Å²) in [5.41, 5.74) is 2.44. The molecule has 4 nitrogen and oxygen atoms in total. The van der Waals surface area contributed by atoms with Gasteiger partial charge in [0, 0.05) is 31.3 Å². The van der Waals surface area contributed by atoms with Gasteiger partial charge in [-0.1, -0.05) is 30.3 Å². The molecule has 1 saturated heterocycles. The van der Waals surface area contributed by atoms with Crippen LogP contribution >= 0.6 is 0 Å². The molecule has 22 heavy (non-hydrogen) atoms. The van der Waals surface area contributed by atoms with Crippen LogP contribution in [0.2, 0.25) is 0 Å². The summed E-state index contributed by atoms with van der Waals surface area (Å²) in [5.74, 6) is 0.230. The number of likely N-dealkylation sites (tertiary alicyclic amines) is 1. The van der Waals surface area contributed by atoms with Crippen molar-refractivity contribution in [3.63, 3.8) is 0 Å². The number of aliphatic hydroxyl groups excluding tert-OH is 1. The van der Waals surface area contributed by atoms with Gasteiger partial charge >= 0.3 is 0 Å². The second-order valence-corrected chi connectivity index (χ2v) is 5.63. The molecular formula is C18H20N2O2. The Kier molecular flexibility index (Phi) is 4.39. The van der Waals surface area contributed by atoms with Gasteiger partial charge in [-0.05, 0) is 30.7 Å². The summed E-state index contributed by atoms with van der Waals surface area (Å²) in [6.45, 7) is 1.49. The van der Waals surface area contributed by atoms with E-state index >= 15 is 0 Å². The third kappa shape index (κ3) is 3.12. The highest BCUT2D eigenvalue weighted by Crippen LogP contribution is 2.24. The number of rotatable bonds is 4. The molecule has 1 unspecified atom stereocenters. The third-order valence-electron chi connectivity index (χ3n) is 4.04. The first-order valence-electron chi connectivity index (χ1n) is 7.59. The average molecular weight is 296 g/mol. The SMILES string of the molecule is O=C(c1ccccc1Nc1ccccc1)N1CCC(CO)C1. The van der Waals surface area contributed by atoms with E-state index < -0.39 is 0 Å². The molecule has 1 heterocycles. The lowest BCUT2D eigenvalue weighted by atomic mass is 10.1. The van der Waals surface area contributed by atoms with Gasteiger partial charge in [0.2, 0.25) is 0 Å². The van der Waals surface area contributed by atoms with Gasteiger partial charge in [-0.25, -0.2) is 0 Å². The van der Waals surface area contributed by atoms with Crippen molar-refractivity contribution in [2.45, 2.75) is 6.42 Å². The molecule has 1 fully saturated rings. The van der Waals surface area contributed by atoms with Gasteiger partial charge in [-0.3, -0.25) is 4.79 Å². The first-order chi connectivity index (χ1) is 10.8. The van der Waals surface area contributed by atoms with Crippen LogP contribution in [0.4, 0.5) is 11.4 Å². The summed E-state index contributed by atoms with van der Waals surface area (Å²) in [6.07, 6.45) is 0.872. The Hall–Kier alpha value is -2.33. The molecule has 0 aromatic heterocycles. The number of hydrogen-bond donors (Lipinski definition) is 2. The number of benzene rings is 2. The fraction of sp³-hybridized carbons (Fsp3) is 0.278. The van der Waals surface area contributed by atoms with Crippen LogP contribution in [0, 0.1) is 5.92 Å². The second kappa shape index (κ2) is 6.62. The Bertz CT molecular complexity index is 643. The second-order valence-electron chi connectivity index (χ2n) is 5.63. The number of aliphatic hydroxyl groups is 1. The highest BCUT2D eigenvalue weighted by Gasteiger charge is 2.27. The summed E-state index contributed by atoms with van der Waals surface area (Å²) in [6, 6.07) is 17.4. The first kappa shape index (κ1) is 14.6. The number of hydrogen-bond acceptors (Lipinski definition) is 3. The van der Waals surface area contributed by atoms with Gasteiger partial charge in [0.05, 0.1) is 11.3 Å². The molecule has 1 atom stereocenters. The minimum atomic E-state index is 0.0231. The van der Waals surface area contributed by atoms with E-state index in [2.05, 4.69) is 5.32 Å². The van der Waals surface area contributed by atoms with Gasteiger partial charge in [0.15, 0.2) is 0 Å². The maximum atomic E-state index is 12.7. The van der Waals surface area contributed by atoms with E-state index in [4.69, 9.17) is 0 Å². The molecule has 0 saturated carbocycles. The van der Waals surface area contributed by atoms with Crippen molar-refractivity contribution in [1.29, 1.82) is 0 Å². The smallest absolute Gasteiger partial charge is 0.255 e. The van der Waals surface area contributed by atoms with E-state index in [9.17, 15) is 9.90 Å². The zero-order valence-electron chi connectivity index (χ0n) is 12.4.